The van der Waals surface area contributed by atoms with Crippen LogP contribution < -0.4 is 5.73 Å². The van der Waals surface area contributed by atoms with Crippen molar-refractivity contribution in [3.63, 3.8) is 0 Å². The van der Waals surface area contributed by atoms with Gasteiger partial charge in [-0.2, -0.15) is 0 Å². The summed E-state index contributed by atoms with van der Waals surface area (Å²) in [7, 11) is 0. The number of nitrogens with two attached hydrogens (primary N) is 1. The Hall–Kier alpha value is -0.670. The fourth-order valence-corrected chi connectivity index (χ4v) is 1.44. The minimum absolute atomic E-state index is 0. The van der Waals surface area contributed by atoms with E-state index < -0.39 is 17.7 Å². The Bertz CT molecular complexity index is 315. The molecule has 0 spiro atoms. The molecule has 15 heavy (non-hydrogen) atoms. The lowest BCUT2D eigenvalue weighted by molar-refractivity contribution is 0.459. The lowest BCUT2D eigenvalue weighted by Gasteiger charge is -2.15. The largest absolute Gasteiger partial charge is 0.324 e. The van der Waals surface area contributed by atoms with Crippen LogP contribution in [0.3, 0.4) is 0 Å². The van der Waals surface area contributed by atoms with Crippen LogP contribution in [0, 0.1) is 17.6 Å². The molecule has 0 unspecified atom stereocenters. The second kappa shape index (κ2) is 6.03. The monoisotopic (exact) mass is 235 g/mol. The molecule has 0 saturated carbocycles. The summed E-state index contributed by atoms with van der Waals surface area (Å²) in [5.41, 5.74) is 6.02. The number of hydrogen-bond acceptors (Lipinski definition) is 1. The van der Waals surface area contributed by atoms with Crippen molar-refractivity contribution in [3.8, 4) is 0 Å². The molecule has 1 aromatic carbocycles. The summed E-state index contributed by atoms with van der Waals surface area (Å²) in [5.74, 6) is -1.28. The highest BCUT2D eigenvalue weighted by Gasteiger charge is 2.15. The van der Waals surface area contributed by atoms with Crippen molar-refractivity contribution in [2.45, 2.75) is 26.3 Å². The van der Waals surface area contributed by atoms with Crippen LogP contribution in [0.2, 0.25) is 0 Å². The number of benzene rings is 1. The second-order valence-electron chi connectivity index (χ2n) is 3.88. The van der Waals surface area contributed by atoms with Crippen molar-refractivity contribution in [3.05, 3.63) is 35.4 Å². The van der Waals surface area contributed by atoms with Gasteiger partial charge >= 0.3 is 0 Å². The summed E-state index contributed by atoms with van der Waals surface area (Å²) < 4.78 is 26.1. The Morgan fingerprint density at radius 2 is 1.87 bits per heavy atom. The van der Waals surface area contributed by atoms with Crippen LogP contribution in [-0.4, -0.2) is 0 Å². The van der Waals surface area contributed by atoms with Gasteiger partial charge in [0.15, 0.2) is 11.6 Å². The predicted molar refractivity (Wildman–Crippen MR) is 60.0 cm³/mol. The Morgan fingerprint density at radius 1 is 1.27 bits per heavy atom. The molecule has 0 amide bonds. The number of hydrogen-bond donors (Lipinski definition) is 1. The molecule has 1 aromatic rings. The van der Waals surface area contributed by atoms with Crippen molar-refractivity contribution < 1.29 is 8.78 Å². The van der Waals surface area contributed by atoms with E-state index in [1.54, 1.807) is 0 Å². The van der Waals surface area contributed by atoms with Gasteiger partial charge in [-0.1, -0.05) is 26.0 Å². The van der Waals surface area contributed by atoms with Gasteiger partial charge in [-0.25, -0.2) is 8.78 Å². The highest BCUT2D eigenvalue weighted by Crippen LogP contribution is 2.22. The van der Waals surface area contributed by atoms with Crippen LogP contribution in [0.5, 0.6) is 0 Å². The van der Waals surface area contributed by atoms with Gasteiger partial charge < -0.3 is 5.73 Å². The number of halogens is 3. The molecule has 2 N–H and O–H groups in total. The van der Waals surface area contributed by atoms with E-state index in [0.29, 0.717) is 12.3 Å². The maximum atomic E-state index is 13.2. The van der Waals surface area contributed by atoms with E-state index in [0.717, 1.165) is 6.07 Å². The van der Waals surface area contributed by atoms with E-state index in [9.17, 15) is 8.78 Å². The molecule has 0 bridgehead atoms. The van der Waals surface area contributed by atoms with Crippen LogP contribution in [0.25, 0.3) is 0 Å². The average molecular weight is 236 g/mol. The molecule has 0 saturated heterocycles. The highest BCUT2D eigenvalue weighted by molar-refractivity contribution is 5.85. The Morgan fingerprint density at radius 3 is 2.40 bits per heavy atom. The molecule has 0 heterocycles. The lowest BCUT2D eigenvalue weighted by Crippen LogP contribution is -2.15. The van der Waals surface area contributed by atoms with Crippen molar-refractivity contribution in [2.24, 2.45) is 11.7 Å². The van der Waals surface area contributed by atoms with E-state index >= 15 is 0 Å². The van der Waals surface area contributed by atoms with Crippen molar-refractivity contribution >= 4 is 12.4 Å². The molecule has 1 rings (SSSR count). The Kier molecular flexibility index (Phi) is 5.76. The first kappa shape index (κ1) is 14.3. The minimum atomic E-state index is -0.832. The molecule has 0 aliphatic heterocycles. The first-order valence-electron chi connectivity index (χ1n) is 4.72. The quantitative estimate of drug-likeness (QED) is 0.854. The number of rotatable bonds is 3. The maximum Gasteiger partial charge on any atom is 0.163 e. The normalized spacial score (nSPS) is 12.4. The van der Waals surface area contributed by atoms with Crippen LogP contribution in [-0.2, 0) is 0 Å². The summed E-state index contributed by atoms with van der Waals surface area (Å²) in [5, 5.41) is 0. The van der Waals surface area contributed by atoms with Gasteiger partial charge in [0, 0.05) is 11.6 Å². The van der Waals surface area contributed by atoms with Gasteiger partial charge in [-0.3, -0.25) is 0 Å². The van der Waals surface area contributed by atoms with Gasteiger partial charge in [0.25, 0.3) is 0 Å². The molecule has 1 atom stereocenters. The first-order chi connectivity index (χ1) is 6.52. The summed E-state index contributed by atoms with van der Waals surface area (Å²) in [6, 6.07) is 3.69. The summed E-state index contributed by atoms with van der Waals surface area (Å²) >= 11 is 0. The Balaban J connectivity index is 0.00000196. The molecular weight excluding hydrogens is 220 g/mol. The van der Waals surface area contributed by atoms with E-state index in [4.69, 9.17) is 5.73 Å². The Labute approximate surface area is 95.1 Å². The van der Waals surface area contributed by atoms with E-state index in [-0.39, 0.29) is 18.0 Å². The molecule has 0 aliphatic rings. The standard InChI is InChI=1S/C11H15F2N.ClH/c1-7(2)6-10(14)8-4-3-5-9(12)11(8)13;/h3-5,7,10H,6,14H2,1-2H3;1H/t10-;/m0./s1. The SMILES string of the molecule is CC(C)C[C@H](N)c1cccc(F)c1F.Cl. The smallest absolute Gasteiger partial charge is 0.163 e. The third-order valence-corrected chi connectivity index (χ3v) is 2.11. The highest BCUT2D eigenvalue weighted by atomic mass is 35.5. The summed E-state index contributed by atoms with van der Waals surface area (Å²) in [4.78, 5) is 0. The van der Waals surface area contributed by atoms with Crippen LogP contribution in [0.4, 0.5) is 8.78 Å². The van der Waals surface area contributed by atoms with Gasteiger partial charge in [0.2, 0.25) is 0 Å². The van der Waals surface area contributed by atoms with Crippen LogP contribution in [0.1, 0.15) is 31.9 Å². The molecule has 0 radical (unpaired) electrons. The summed E-state index contributed by atoms with van der Waals surface area (Å²) in [6.07, 6.45) is 0.653. The lowest BCUT2D eigenvalue weighted by atomic mass is 9.97. The fourth-order valence-electron chi connectivity index (χ4n) is 1.44. The van der Waals surface area contributed by atoms with E-state index in [1.807, 2.05) is 13.8 Å². The first-order valence-corrected chi connectivity index (χ1v) is 4.72. The van der Waals surface area contributed by atoms with Crippen LogP contribution in [0.15, 0.2) is 18.2 Å². The minimum Gasteiger partial charge on any atom is -0.324 e. The molecule has 0 aliphatic carbocycles. The second-order valence-corrected chi connectivity index (χ2v) is 3.88. The van der Waals surface area contributed by atoms with Crippen molar-refractivity contribution in [1.82, 2.24) is 0 Å². The molecular formula is C11H16ClF2N. The molecule has 0 fully saturated rings. The molecule has 0 aromatic heterocycles. The van der Waals surface area contributed by atoms with Crippen LogP contribution >= 0.6 is 12.4 Å². The zero-order valence-corrected chi connectivity index (χ0v) is 9.65. The average Bonchev–Trinajstić information content (AvgIpc) is 2.08. The third kappa shape index (κ3) is 3.76. The maximum absolute atomic E-state index is 13.2. The van der Waals surface area contributed by atoms with E-state index in [1.165, 1.54) is 12.1 Å². The van der Waals surface area contributed by atoms with Crippen molar-refractivity contribution in [1.29, 1.82) is 0 Å². The zero-order valence-electron chi connectivity index (χ0n) is 8.84. The predicted octanol–water partition coefficient (Wildman–Crippen LogP) is 3.43. The molecule has 4 heteroatoms. The van der Waals surface area contributed by atoms with Crippen molar-refractivity contribution in [2.75, 3.05) is 0 Å². The molecule has 86 valence electrons. The fraction of sp³-hybridized carbons (Fsp3) is 0.455. The van der Waals surface area contributed by atoms with Gasteiger partial charge in [-0.15, -0.1) is 12.4 Å². The zero-order chi connectivity index (χ0) is 10.7. The topological polar surface area (TPSA) is 26.0 Å². The molecule has 1 nitrogen and oxygen atoms in total. The summed E-state index contributed by atoms with van der Waals surface area (Å²) in [6.45, 7) is 3.99. The van der Waals surface area contributed by atoms with E-state index in [2.05, 4.69) is 0 Å². The van der Waals surface area contributed by atoms with Gasteiger partial charge in [-0.05, 0) is 18.4 Å². The third-order valence-electron chi connectivity index (χ3n) is 2.11. The van der Waals surface area contributed by atoms with Gasteiger partial charge in [0.1, 0.15) is 0 Å². The van der Waals surface area contributed by atoms with Gasteiger partial charge in [0.05, 0.1) is 0 Å².